The zero-order chi connectivity index (χ0) is 12.7. The number of nitrogens with zero attached hydrogens (tertiary/aromatic N) is 1. The molecule has 0 aliphatic carbocycles. The van der Waals surface area contributed by atoms with Crippen LogP contribution in [0.5, 0.6) is 0 Å². The van der Waals surface area contributed by atoms with Crippen LogP contribution in [0.25, 0.3) is 0 Å². The van der Waals surface area contributed by atoms with Gasteiger partial charge in [-0.25, -0.2) is 4.79 Å². The van der Waals surface area contributed by atoms with Crippen molar-refractivity contribution in [1.29, 1.82) is 0 Å². The Balaban J connectivity index is 2.40. The second kappa shape index (κ2) is 6.94. The lowest BCUT2D eigenvalue weighted by molar-refractivity contribution is 0.207. The van der Waals surface area contributed by atoms with E-state index in [1.807, 2.05) is 7.05 Å². The second-order valence-electron chi connectivity index (χ2n) is 4.43. The average molecular weight is 234 g/mol. The van der Waals surface area contributed by atoms with Gasteiger partial charge in [0.25, 0.3) is 0 Å². The van der Waals surface area contributed by atoms with Gasteiger partial charge in [0.2, 0.25) is 0 Å². The Morgan fingerprint density at radius 2 is 1.94 bits per heavy atom. The van der Waals surface area contributed by atoms with E-state index in [4.69, 9.17) is 0 Å². The molecule has 94 valence electrons. The maximum Gasteiger partial charge on any atom is 0.317 e. The third-order valence-corrected chi connectivity index (χ3v) is 2.69. The molecule has 1 rings (SSSR count). The quantitative estimate of drug-likeness (QED) is 0.781. The van der Waals surface area contributed by atoms with Gasteiger partial charge in [0, 0.05) is 20.1 Å². The molecular formula is C14H22N2O. The fourth-order valence-electron chi connectivity index (χ4n) is 1.55. The standard InChI is InChI=1S/C14H22N2O/c1-4-5-10-15-14(17)16(3)11-13-8-6-12(2)7-9-13/h6-9H,4-5,10-11H2,1-3H3,(H,15,17). The topological polar surface area (TPSA) is 32.3 Å². The molecular weight excluding hydrogens is 212 g/mol. The largest absolute Gasteiger partial charge is 0.338 e. The second-order valence-corrected chi connectivity index (χ2v) is 4.43. The lowest BCUT2D eigenvalue weighted by atomic mass is 10.1. The third kappa shape index (κ3) is 4.89. The van der Waals surface area contributed by atoms with Gasteiger partial charge < -0.3 is 10.2 Å². The van der Waals surface area contributed by atoms with E-state index in [1.54, 1.807) is 4.90 Å². The molecule has 17 heavy (non-hydrogen) atoms. The first-order valence-corrected chi connectivity index (χ1v) is 6.18. The minimum atomic E-state index is -0.000903. The molecule has 0 unspecified atom stereocenters. The predicted octanol–water partition coefficient (Wildman–Crippen LogP) is 2.94. The third-order valence-electron chi connectivity index (χ3n) is 2.69. The summed E-state index contributed by atoms with van der Waals surface area (Å²) in [5, 5.41) is 2.90. The Kier molecular flexibility index (Phi) is 5.53. The first-order chi connectivity index (χ1) is 8.13. The van der Waals surface area contributed by atoms with E-state index >= 15 is 0 Å². The van der Waals surface area contributed by atoms with E-state index in [0.29, 0.717) is 6.54 Å². The van der Waals surface area contributed by atoms with Crippen LogP contribution in [-0.4, -0.2) is 24.5 Å². The normalized spacial score (nSPS) is 10.1. The lowest BCUT2D eigenvalue weighted by Gasteiger charge is -2.18. The van der Waals surface area contributed by atoms with Gasteiger partial charge in [-0.1, -0.05) is 43.2 Å². The van der Waals surface area contributed by atoms with Crippen molar-refractivity contribution >= 4 is 6.03 Å². The van der Waals surface area contributed by atoms with Gasteiger partial charge >= 0.3 is 6.03 Å². The molecule has 0 aliphatic heterocycles. The molecule has 3 nitrogen and oxygen atoms in total. The molecule has 1 N–H and O–H groups in total. The molecule has 1 aromatic rings. The number of carbonyl (C=O) groups excluding carboxylic acids is 1. The number of unbranched alkanes of at least 4 members (excludes halogenated alkanes) is 1. The fourth-order valence-corrected chi connectivity index (χ4v) is 1.55. The maximum atomic E-state index is 11.7. The summed E-state index contributed by atoms with van der Waals surface area (Å²) < 4.78 is 0. The summed E-state index contributed by atoms with van der Waals surface area (Å²) in [6.07, 6.45) is 2.13. The lowest BCUT2D eigenvalue weighted by Crippen LogP contribution is -2.37. The van der Waals surface area contributed by atoms with Crippen molar-refractivity contribution in [1.82, 2.24) is 10.2 Å². The van der Waals surface area contributed by atoms with Crippen LogP contribution in [0, 0.1) is 6.92 Å². The van der Waals surface area contributed by atoms with E-state index in [-0.39, 0.29) is 6.03 Å². The van der Waals surface area contributed by atoms with Crippen molar-refractivity contribution in [2.75, 3.05) is 13.6 Å². The Morgan fingerprint density at radius 1 is 1.29 bits per heavy atom. The van der Waals surface area contributed by atoms with Crippen LogP contribution < -0.4 is 5.32 Å². The first-order valence-electron chi connectivity index (χ1n) is 6.18. The van der Waals surface area contributed by atoms with Crippen molar-refractivity contribution in [2.45, 2.75) is 33.2 Å². The molecule has 0 radical (unpaired) electrons. The SMILES string of the molecule is CCCCNC(=O)N(C)Cc1ccc(C)cc1. The highest BCUT2D eigenvalue weighted by molar-refractivity contribution is 5.73. The molecule has 0 aliphatic rings. The van der Waals surface area contributed by atoms with Gasteiger partial charge in [-0.3, -0.25) is 0 Å². The number of amides is 2. The van der Waals surface area contributed by atoms with Crippen LogP contribution in [0.1, 0.15) is 30.9 Å². The minimum Gasteiger partial charge on any atom is -0.338 e. The summed E-state index contributed by atoms with van der Waals surface area (Å²) in [6.45, 7) is 5.58. The predicted molar refractivity (Wildman–Crippen MR) is 71.0 cm³/mol. The first kappa shape index (κ1) is 13.6. The molecule has 0 fully saturated rings. The summed E-state index contributed by atoms with van der Waals surface area (Å²) in [4.78, 5) is 13.4. The van der Waals surface area contributed by atoms with Crippen molar-refractivity contribution in [3.05, 3.63) is 35.4 Å². The van der Waals surface area contributed by atoms with Crippen molar-refractivity contribution in [3.63, 3.8) is 0 Å². The van der Waals surface area contributed by atoms with Crippen molar-refractivity contribution in [3.8, 4) is 0 Å². The van der Waals surface area contributed by atoms with E-state index in [1.165, 1.54) is 5.56 Å². The Morgan fingerprint density at radius 3 is 2.53 bits per heavy atom. The van der Waals surface area contributed by atoms with Crippen LogP contribution >= 0.6 is 0 Å². The van der Waals surface area contributed by atoms with Crippen LogP contribution in [0.2, 0.25) is 0 Å². The number of rotatable bonds is 5. The Hall–Kier alpha value is -1.51. The number of hydrogen-bond acceptors (Lipinski definition) is 1. The van der Waals surface area contributed by atoms with Gasteiger partial charge in [0.1, 0.15) is 0 Å². The van der Waals surface area contributed by atoms with Crippen molar-refractivity contribution < 1.29 is 4.79 Å². The summed E-state index contributed by atoms with van der Waals surface area (Å²) in [5.74, 6) is 0. The average Bonchev–Trinajstić information content (AvgIpc) is 2.32. The minimum absolute atomic E-state index is 0.000903. The van der Waals surface area contributed by atoms with Gasteiger partial charge in [-0.05, 0) is 18.9 Å². The summed E-state index contributed by atoms with van der Waals surface area (Å²) >= 11 is 0. The van der Waals surface area contributed by atoms with Crippen LogP contribution in [0.15, 0.2) is 24.3 Å². The van der Waals surface area contributed by atoms with E-state index < -0.39 is 0 Å². The highest BCUT2D eigenvalue weighted by atomic mass is 16.2. The van der Waals surface area contributed by atoms with Crippen LogP contribution in [0.4, 0.5) is 4.79 Å². The molecule has 0 bridgehead atoms. The molecule has 0 saturated carbocycles. The van der Waals surface area contributed by atoms with E-state index in [0.717, 1.165) is 24.9 Å². The van der Waals surface area contributed by atoms with Gasteiger partial charge in [-0.2, -0.15) is 0 Å². The van der Waals surface area contributed by atoms with Gasteiger partial charge in [0.15, 0.2) is 0 Å². The zero-order valence-corrected chi connectivity index (χ0v) is 11.0. The van der Waals surface area contributed by atoms with E-state index in [2.05, 4.69) is 43.4 Å². The smallest absolute Gasteiger partial charge is 0.317 e. The summed E-state index contributed by atoms with van der Waals surface area (Å²) in [5.41, 5.74) is 2.40. The molecule has 0 spiro atoms. The number of urea groups is 1. The van der Waals surface area contributed by atoms with Gasteiger partial charge in [-0.15, -0.1) is 0 Å². The van der Waals surface area contributed by atoms with Gasteiger partial charge in [0.05, 0.1) is 0 Å². The monoisotopic (exact) mass is 234 g/mol. The number of aryl methyl sites for hydroxylation is 1. The molecule has 0 saturated heterocycles. The number of carbonyl (C=O) groups is 1. The summed E-state index contributed by atoms with van der Waals surface area (Å²) in [6, 6.07) is 8.26. The molecule has 1 aromatic carbocycles. The molecule has 2 amide bonds. The van der Waals surface area contributed by atoms with E-state index in [9.17, 15) is 4.79 Å². The van der Waals surface area contributed by atoms with Crippen molar-refractivity contribution in [2.24, 2.45) is 0 Å². The zero-order valence-electron chi connectivity index (χ0n) is 11.0. The fraction of sp³-hybridized carbons (Fsp3) is 0.500. The molecule has 3 heteroatoms. The Bertz CT molecular complexity index is 346. The number of hydrogen-bond donors (Lipinski definition) is 1. The maximum absolute atomic E-state index is 11.7. The number of nitrogens with one attached hydrogen (secondary N) is 1. The molecule has 0 atom stereocenters. The summed E-state index contributed by atoms with van der Waals surface area (Å²) in [7, 11) is 1.82. The van der Waals surface area contributed by atoms with Crippen LogP contribution in [-0.2, 0) is 6.54 Å². The Labute approximate surface area is 104 Å². The number of benzene rings is 1. The highest BCUT2D eigenvalue weighted by Gasteiger charge is 2.07. The molecule has 0 aromatic heterocycles. The van der Waals surface area contributed by atoms with Crippen LogP contribution in [0.3, 0.4) is 0 Å². The highest BCUT2D eigenvalue weighted by Crippen LogP contribution is 2.05. The molecule has 0 heterocycles.